The van der Waals surface area contributed by atoms with Gasteiger partial charge in [-0.05, 0) is 31.2 Å². The van der Waals surface area contributed by atoms with Crippen molar-refractivity contribution in [3.63, 3.8) is 0 Å². The zero-order valence-corrected chi connectivity index (χ0v) is 17.9. The van der Waals surface area contributed by atoms with Crippen LogP contribution in [0.15, 0.2) is 58.9 Å². The topological polar surface area (TPSA) is 83.1 Å². The van der Waals surface area contributed by atoms with Crippen LogP contribution in [0.5, 0.6) is 0 Å². The monoisotopic (exact) mass is 454 g/mol. The maximum Gasteiger partial charge on any atom is 0.266 e. The highest BCUT2D eigenvalue weighted by molar-refractivity contribution is 7.93. The van der Waals surface area contributed by atoms with Crippen molar-refractivity contribution in [3.8, 4) is 0 Å². The predicted octanol–water partition coefficient (Wildman–Crippen LogP) is 3.98. The van der Waals surface area contributed by atoms with Crippen LogP contribution in [0.4, 0.5) is 15.2 Å². The summed E-state index contributed by atoms with van der Waals surface area (Å²) in [7, 11) is -2.29. The second-order valence-electron chi connectivity index (χ2n) is 6.26. The van der Waals surface area contributed by atoms with Gasteiger partial charge in [-0.3, -0.25) is 4.72 Å². The van der Waals surface area contributed by atoms with Gasteiger partial charge in [-0.2, -0.15) is 0 Å². The maximum atomic E-state index is 14.6. The van der Waals surface area contributed by atoms with Gasteiger partial charge < -0.3 is 10.6 Å². The average molecular weight is 455 g/mol. The highest BCUT2D eigenvalue weighted by Crippen LogP contribution is 2.29. The zero-order chi connectivity index (χ0) is 20.9. The van der Waals surface area contributed by atoms with Crippen molar-refractivity contribution < 1.29 is 12.8 Å². The van der Waals surface area contributed by atoms with Crippen LogP contribution in [0.3, 0.4) is 0 Å². The Balaban J connectivity index is 1.71. The number of aromatic nitrogens is 1. The van der Waals surface area contributed by atoms with Crippen LogP contribution >= 0.6 is 22.9 Å². The van der Waals surface area contributed by atoms with E-state index in [0.717, 1.165) is 29.9 Å². The average Bonchev–Trinajstić information content (AvgIpc) is 3.20. The second kappa shape index (κ2) is 9.53. The summed E-state index contributed by atoms with van der Waals surface area (Å²) in [5.41, 5.74) is 1.49. The van der Waals surface area contributed by atoms with Crippen molar-refractivity contribution >= 4 is 43.8 Å². The molecule has 1 atom stereocenters. The summed E-state index contributed by atoms with van der Waals surface area (Å²) in [5.74, 6) is -0.898. The molecule has 29 heavy (non-hydrogen) atoms. The number of halogens is 2. The van der Waals surface area contributed by atoms with Crippen LogP contribution in [-0.2, 0) is 16.4 Å². The van der Waals surface area contributed by atoms with Crippen molar-refractivity contribution in [1.82, 2.24) is 10.3 Å². The lowest BCUT2D eigenvalue weighted by Gasteiger charge is -2.19. The number of sulfonamides is 1. The van der Waals surface area contributed by atoms with Crippen molar-refractivity contribution in [2.45, 2.75) is 17.4 Å². The van der Waals surface area contributed by atoms with E-state index < -0.39 is 20.7 Å². The molecule has 0 aliphatic rings. The van der Waals surface area contributed by atoms with E-state index in [1.165, 1.54) is 11.8 Å². The number of nitrogens with one attached hydrogen (secondary N) is 3. The smallest absolute Gasteiger partial charge is 0.266 e. The van der Waals surface area contributed by atoms with Crippen LogP contribution in [-0.4, -0.2) is 33.0 Å². The lowest BCUT2D eigenvalue weighted by molar-refractivity contribution is 0.569. The summed E-state index contributed by atoms with van der Waals surface area (Å²) >= 11 is 7.32. The van der Waals surface area contributed by atoms with Crippen LogP contribution in [0.25, 0.3) is 0 Å². The highest BCUT2D eigenvalue weighted by atomic mass is 35.5. The Morgan fingerprint density at radius 1 is 1.24 bits per heavy atom. The highest BCUT2D eigenvalue weighted by Gasteiger charge is 2.22. The third-order valence-corrected chi connectivity index (χ3v) is 6.72. The van der Waals surface area contributed by atoms with Crippen molar-refractivity contribution in [2.24, 2.45) is 0 Å². The largest absolute Gasteiger partial charge is 0.382 e. The SMILES string of the molecule is CN[C@H](CNc1cc(F)c(S(=O)(=O)Nc2nccs2)cc1Cl)Cc1ccccc1. The Morgan fingerprint density at radius 3 is 2.66 bits per heavy atom. The number of nitrogens with zero attached hydrogens (tertiary/aromatic N) is 1. The Bertz CT molecular complexity index is 1050. The Kier molecular flexibility index (Phi) is 7.07. The molecule has 1 heterocycles. The van der Waals surface area contributed by atoms with Gasteiger partial charge in [0.2, 0.25) is 0 Å². The first-order valence-corrected chi connectivity index (χ1v) is 11.5. The van der Waals surface area contributed by atoms with E-state index in [2.05, 4.69) is 20.3 Å². The number of likely N-dealkylation sites (N-methyl/N-ethyl adjacent to an activating group) is 1. The first kappa shape index (κ1) is 21.5. The molecule has 0 spiro atoms. The fraction of sp³-hybridized carbons (Fsp3) is 0.211. The van der Waals surface area contributed by atoms with Crippen LogP contribution in [0.2, 0.25) is 5.02 Å². The lowest BCUT2D eigenvalue weighted by atomic mass is 10.1. The van der Waals surface area contributed by atoms with Crippen molar-refractivity contribution in [3.05, 3.63) is 70.4 Å². The van der Waals surface area contributed by atoms with Gasteiger partial charge in [0, 0.05) is 24.2 Å². The number of hydrogen-bond donors (Lipinski definition) is 3. The van der Waals surface area contributed by atoms with Gasteiger partial charge in [0.1, 0.15) is 10.7 Å². The normalized spacial score (nSPS) is 12.5. The molecule has 0 saturated carbocycles. The molecule has 0 fully saturated rings. The van der Waals surface area contributed by atoms with E-state index in [1.807, 2.05) is 37.4 Å². The molecule has 0 unspecified atom stereocenters. The lowest BCUT2D eigenvalue weighted by Crippen LogP contribution is -2.34. The third-order valence-electron chi connectivity index (χ3n) is 4.24. The van der Waals surface area contributed by atoms with Crippen molar-refractivity contribution in [2.75, 3.05) is 23.6 Å². The molecule has 0 amide bonds. The molecule has 2 aromatic carbocycles. The molecule has 6 nitrogen and oxygen atoms in total. The van der Waals surface area contributed by atoms with Crippen LogP contribution < -0.4 is 15.4 Å². The van der Waals surface area contributed by atoms with Gasteiger partial charge in [-0.15, -0.1) is 11.3 Å². The van der Waals surface area contributed by atoms with E-state index >= 15 is 0 Å². The first-order chi connectivity index (χ1) is 13.9. The van der Waals surface area contributed by atoms with Gasteiger partial charge in [-0.25, -0.2) is 17.8 Å². The molecular weight excluding hydrogens is 435 g/mol. The fourth-order valence-corrected chi connectivity index (χ4v) is 4.89. The second-order valence-corrected chi connectivity index (χ2v) is 9.21. The molecule has 0 bridgehead atoms. The van der Waals surface area contributed by atoms with E-state index in [1.54, 1.807) is 5.38 Å². The molecule has 0 aliphatic carbocycles. The number of anilines is 2. The van der Waals surface area contributed by atoms with Gasteiger partial charge in [-0.1, -0.05) is 41.9 Å². The van der Waals surface area contributed by atoms with E-state index in [9.17, 15) is 12.8 Å². The van der Waals surface area contributed by atoms with Gasteiger partial charge >= 0.3 is 0 Å². The fourth-order valence-electron chi connectivity index (χ4n) is 2.72. The molecule has 3 N–H and O–H groups in total. The summed E-state index contributed by atoms with van der Waals surface area (Å²) in [4.78, 5) is 3.31. The Morgan fingerprint density at radius 2 is 2.00 bits per heavy atom. The minimum atomic E-state index is -4.13. The number of benzene rings is 2. The van der Waals surface area contributed by atoms with Crippen LogP contribution in [0.1, 0.15) is 5.56 Å². The molecule has 0 radical (unpaired) electrons. The van der Waals surface area contributed by atoms with E-state index in [0.29, 0.717) is 12.2 Å². The molecular formula is C19H20ClFN4O2S2. The minimum Gasteiger partial charge on any atom is -0.382 e. The molecule has 0 aliphatic heterocycles. The van der Waals surface area contributed by atoms with E-state index in [4.69, 9.17) is 11.6 Å². The molecule has 1 aromatic heterocycles. The van der Waals surface area contributed by atoms with Crippen LogP contribution in [0, 0.1) is 5.82 Å². The molecule has 3 rings (SSSR count). The standard InChI is InChI=1S/C19H20ClFN4O2S2/c1-22-14(9-13-5-3-2-4-6-13)12-24-17-11-16(21)18(10-15(17)20)29(26,27)25-19-23-7-8-28-19/h2-8,10-11,14,22,24H,9,12H2,1H3,(H,23,25)/t14-/m0/s1. The first-order valence-electron chi connectivity index (χ1n) is 8.75. The minimum absolute atomic E-state index is 0.0755. The quantitative estimate of drug-likeness (QED) is 0.455. The summed E-state index contributed by atoms with van der Waals surface area (Å²) in [6, 6.07) is 12.2. The Labute approximate surface area is 178 Å². The van der Waals surface area contributed by atoms with Gasteiger partial charge in [0.05, 0.1) is 10.7 Å². The predicted molar refractivity (Wildman–Crippen MR) is 116 cm³/mol. The molecule has 0 saturated heterocycles. The van der Waals surface area contributed by atoms with Gasteiger partial charge in [0.25, 0.3) is 10.0 Å². The number of hydrogen-bond acceptors (Lipinski definition) is 6. The van der Waals surface area contributed by atoms with Crippen molar-refractivity contribution in [1.29, 1.82) is 0 Å². The summed E-state index contributed by atoms with van der Waals surface area (Å²) in [6.07, 6.45) is 2.22. The summed E-state index contributed by atoms with van der Waals surface area (Å²) in [5, 5.41) is 8.17. The number of thiazole rings is 1. The molecule has 10 heteroatoms. The molecule has 3 aromatic rings. The summed E-state index contributed by atoms with van der Waals surface area (Å²) < 4.78 is 41.6. The molecule has 154 valence electrons. The van der Waals surface area contributed by atoms with Gasteiger partial charge in [0.15, 0.2) is 5.13 Å². The maximum absolute atomic E-state index is 14.6. The number of rotatable bonds is 9. The summed E-state index contributed by atoms with van der Waals surface area (Å²) in [6.45, 7) is 0.480. The zero-order valence-electron chi connectivity index (χ0n) is 15.5. The Hall–Kier alpha value is -2.20. The van der Waals surface area contributed by atoms with E-state index in [-0.39, 0.29) is 16.2 Å². The third kappa shape index (κ3) is 5.66.